The highest BCUT2D eigenvalue weighted by Gasteiger charge is 2.37. The van der Waals surface area contributed by atoms with Gasteiger partial charge in [-0.05, 0) is 25.7 Å². The van der Waals surface area contributed by atoms with Crippen LogP contribution in [0.1, 0.15) is 155 Å². The standard InChI is InChI=1S/C26H51FO2/c1-3-5-7-9-10-11-12-13-14-15-16-17-18-20-22-24-26(27,25(28)29)23-21-19-8-6-4-2/h3-24H2,1-2H3,(H,28,29). The first-order valence-electron chi connectivity index (χ1n) is 13.0. The number of hydrogen-bond donors (Lipinski definition) is 1. The zero-order valence-electron chi connectivity index (χ0n) is 19.8. The van der Waals surface area contributed by atoms with Crippen LogP contribution in [0.2, 0.25) is 0 Å². The molecule has 1 unspecified atom stereocenters. The Kier molecular flexibility index (Phi) is 20.2. The van der Waals surface area contributed by atoms with E-state index in [9.17, 15) is 14.3 Å². The molecule has 29 heavy (non-hydrogen) atoms. The average Bonchev–Trinajstić information content (AvgIpc) is 2.70. The predicted octanol–water partition coefficient (Wildman–Crippen LogP) is 9.40. The zero-order chi connectivity index (χ0) is 21.6. The second-order valence-corrected chi connectivity index (χ2v) is 9.13. The second-order valence-electron chi connectivity index (χ2n) is 9.13. The van der Waals surface area contributed by atoms with E-state index in [2.05, 4.69) is 13.8 Å². The maximum absolute atomic E-state index is 14.7. The van der Waals surface area contributed by atoms with E-state index >= 15 is 0 Å². The molecule has 0 fully saturated rings. The zero-order valence-corrected chi connectivity index (χ0v) is 19.8. The molecule has 0 aliphatic carbocycles. The van der Waals surface area contributed by atoms with Crippen LogP contribution in [0, 0.1) is 0 Å². The van der Waals surface area contributed by atoms with Crippen molar-refractivity contribution in [2.75, 3.05) is 0 Å². The maximum Gasteiger partial charge on any atom is 0.341 e. The lowest BCUT2D eigenvalue weighted by molar-refractivity contribution is -0.152. The van der Waals surface area contributed by atoms with Crippen LogP contribution < -0.4 is 0 Å². The fraction of sp³-hybridized carbons (Fsp3) is 0.962. The quantitative estimate of drug-likeness (QED) is 0.169. The summed E-state index contributed by atoms with van der Waals surface area (Å²) in [6.45, 7) is 4.41. The Morgan fingerprint density at radius 1 is 0.552 bits per heavy atom. The van der Waals surface area contributed by atoms with Crippen molar-refractivity contribution < 1.29 is 14.3 Å². The summed E-state index contributed by atoms with van der Waals surface area (Å²) in [6.07, 6.45) is 24.4. The van der Waals surface area contributed by atoms with Gasteiger partial charge in [0.05, 0.1) is 0 Å². The number of rotatable bonds is 23. The van der Waals surface area contributed by atoms with Crippen molar-refractivity contribution in [3.8, 4) is 0 Å². The number of carboxylic acids is 1. The molecule has 0 aromatic carbocycles. The van der Waals surface area contributed by atoms with Gasteiger partial charge in [0.25, 0.3) is 0 Å². The molecule has 174 valence electrons. The van der Waals surface area contributed by atoms with Gasteiger partial charge in [0.1, 0.15) is 0 Å². The van der Waals surface area contributed by atoms with Crippen LogP contribution >= 0.6 is 0 Å². The molecule has 0 bridgehead atoms. The first-order valence-corrected chi connectivity index (χ1v) is 13.0. The molecule has 0 aliphatic rings. The number of unbranched alkanes of at least 4 members (excludes halogenated alkanes) is 18. The van der Waals surface area contributed by atoms with Gasteiger partial charge >= 0.3 is 5.97 Å². The van der Waals surface area contributed by atoms with Crippen LogP contribution in [0.5, 0.6) is 0 Å². The van der Waals surface area contributed by atoms with Crippen molar-refractivity contribution >= 4 is 5.97 Å². The van der Waals surface area contributed by atoms with Gasteiger partial charge in [0.2, 0.25) is 5.67 Å². The molecule has 0 amide bonds. The van der Waals surface area contributed by atoms with Gasteiger partial charge in [-0.25, -0.2) is 9.18 Å². The highest BCUT2D eigenvalue weighted by atomic mass is 19.1. The first kappa shape index (κ1) is 28.4. The smallest absolute Gasteiger partial charge is 0.341 e. The SMILES string of the molecule is CCCCCCCCCCCCCCCCCC(F)(CCCCCCC)C(=O)O. The van der Waals surface area contributed by atoms with E-state index in [1.807, 2.05) is 0 Å². The summed E-state index contributed by atoms with van der Waals surface area (Å²) in [5, 5.41) is 9.28. The number of carbonyl (C=O) groups is 1. The number of alkyl halides is 1. The van der Waals surface area contributed by atoms with Crippen molar-refractivity contribution in [2.24, 2.45) is 0 Å². The lowest BCUT2D eigenvalue weighted by Crippen LogP contribution is -2.33. The van der Waals surface area contributed by atoms with Gasteiger partial charge in [-0.3, -0.25) is 0 Å². The molecule has 0 aromatic heterocycles. The van der Waals surface area contributed by atoms with Crippen LogP contribution in [0.15, 0.2) is 0 Å². The van der Waals surface area contributed by atoms with Crippen molar-refractivity contribution in [1.82, 2.24) is 0 Å². The summed E-state index contributed by atoms with van der Waals surface area (Å²) in [5.41, 5.74) is -2.00. The van der Waals surface area contributed by atoms with E-state index < -0.39 is 11.6 Å². The Labute approximate surface area is 181 Å². The minimum absolute atomic E-state index is 0.185. The number of halogens is 1. The molecule has 0 aromatic rings. The third-order valence-electron chi connectivity index (χ3n) is 6.24. The van der Waals surface area contributed by atoms with E-state index in [-0.39, 0.29) is 12.8 Å². The van der Waals surface area contributed by atoms with Gasteiger partial charge < -0.3 is 5.11 Å². The number of aliphatic carboxylic acids is 1. The van der Waals surface area contributed by atoms with Crippen molar-refractivity contribution in [1.29, 1.82) is 0 Å². The van der Waals surface area contributed by atoms with E-state index in [0.29, 0.717) is 12.8 Å². The molecular weight excluding hydrogens is 363 g/mol. The van der Waals surface area contributed by atoms with E-state index in [1.165, 1.54) is 77.0 Å². The fourth-order valence-corrected chi connectivity index (χ4v) is 4.12. The summed E-state index contributed by atoms with van der Waals surface area (Å²) in [6, 6.07) is 0. The molecule has 2 nitrogen and oxygen atoms in total. The molecule has 0 heterocycles. The third kappa shape index (κ3) is 17.9. The van der Waals surface area contributed by atoms with Gasteiger partial charge in [-0.15, -0.1) is 0 Å². The molecule has 0 radical (unpaired) electrons. The van der Waals surface area contributed by atoms with Gasteiger partial charge in [-0.1, -0.05) is 129 Å². The number of hydrogen-bond acceptors (Lipinski definition) is 1. The van der Waals surface area contributed by atoms with E-state index in [4.69, 9.17) is 0 Å². The molecule has 3 heteroatoms. The molecular formula is C26H51FO2. The Morgan fingerprint density at radius 3 is 1.03 bits per heavy atom. The summed E-state index contributed by atoms with van der Waals surface area (Å²) < 4.78 is 14.7. The second kappa shape index (κ2) is 20.7. The molecule has 0 aliphatic heterocycles. The largest absolute Gasteiger partial charge is 0.479 e. The van der Waals surface area contributed by atoms with E-state index in [1.54, 1.807) is 0 Å². The van der Waals surface area contributed by atoms with Crippen LogP contribution in [0.4, 0.5) is 4.39 Å². The van der Waals surface area contributed by atoms with Crippen LogP contribution in [0.25, 0.3) is 0 Å². The normalized spacial score (nSPS) is 13.5. The summed E-state index contributed by atoms with van der Waals surface area (Å²) in [5.74, 6) is -1.25. The van der Waals surface area contributed by atoms with Crippen LogP contribution in [-0.2, 0) is 4.79 Å². The first-order chi connectivity index (χ1) is 14.1. The minimum Gasteiger partial charge on any atom is -0.479 e. The summed E-state index contributed by atoms with van der Waals surface area (Å²) >= 11 is 0. The van der Waals surface area contributed by atoms with Crippen LogP contribution in [-0.4, -0.2) is 16.7 Å². The van der Waals surface area contributed by atoms with Crippen molar-refractivity contribution in [3.63, 3.8) is 0 Å². The highest BCUT2D eigenvalue weighted by Crippen LogP contribution is 2.28. The Bertz CT molecular complexity index is 359. The van der Waals surface area contributed by atoms with E-state index in [0.717, 1.165) is 38.5 Å². The highest BCUT2D eigenvalue weighted by molar-refractivity contribution is 5.77. The van der Waals surface area contributed by atoms with Crippen molar-refractivity contribution in [2.45, 2.75) is 161 Å². The maximum atomic E-state index is 14.7. The number of carboxylic acid groups (broad SMARTS) is 1. The van der Waals surface area contributed by atoms with Gasteiger partial charge in [0, 0.05) is 0 Å². The lowest BCUT2D eigenvalue weighted by atomic mass is 9.91. The molecule has 0 spiro atoms. The monoisotopic (exact) mass is 414 g/mol. The Balaban J connectivity index is 3.50. The topological polar surface area (TPSA) is 37.3 Å². The Morgan fingerprint density at radius 2 is 0.793 bits per heavy atom. The Hall–Kier alpha value is -0.600. The minimum atomic E-state index is -2.00. The molecule has 1 atom stereocenters. The fourth-order valence-electron chi connectivity index (χ4n) is 4.12. The summed E-state index contributed by atoms with van der Waals surface area (Å²) in [4.78, 5) is 11.3. The average molecular weight is 415 g/mol. The van der Waals surface area contributed by atoms with Crippen molar-refractivity contribution in [3.05, 3.63) is 0 Å². The molecule has 1 N–H and O–H groups in total. The molecule has 0 saturated carbocycles. The summed E-state index contributed by atoms with van der Waals surface area (Å²) in [7, 11) is 0. The third-order valence-corrected chi connectivity index (χ3v) is 6.24. The van der Waals surface area contributed by atoms with Gasteiger partial charge in [0.15, 0.2) is 0 Å². The van der Waals surface area contributed by atoms with Gasteiger partial charge in [-0.2, -0.15) is 0 Å². The predicted molar refractivity (Wildman–Crippen MR) is 124 cm³/mol. The lowest BCUT2D eigenvalue weighted by Gasteiger charge is -2.20. The molecule has 0 saturated heterocycles. The molecule has 0 rings (SSSR count). The van der Waals surface area contributed by atoms with Crippen LogP contribution in [0.3, 0.4) is 0 Å².